The molecule has 66 valence electrons. The van der Waals surface area contributed by atoms with E-state index >= 15 is 0 Å². The second-order valence-corrected chi connectivity index (χ2v) is 2.23. The minimum absolute atomic E-state index is 0.0800. The number of nitrogens with zero attached hydrogens (tertiary/aromatic N) is 1. The summed E-state index contributed by atoms with van der Waals surface area (Å²) in [6, 6.07) is 3.12. The van der Waals surface area contributed by atoms with Crippen LogP contribution in [0.25, 0.3) is 0 Å². The summed E-state index contributed by atoms with van der Waals surface area (Å²) in [5.74, 6) is -1.93. The Morgan fingerprint density at radius 3 is 2.85 bits per heavy atom. The number of carboxylic acid groups (broad SMARTS) is 1. The molecule has 1 aromatic carbocycles. The van der Waals surface area contributed by atoms with Gasteiger partial charge in [0.1, 0.15) is 5.82 Å². The average Bonchev–Trinajstić information content (AvgIpc) is 2.08. The van der Waals surface area contributed by atoms with E-state index in [1.165, 1.54) is 6.07 Å². The van der Waals surface area contributed by atoms with Gasteiger partial charge in [-0.2, -0.15) is 5.26 Å². The van der Waals surface area contributed by atoms with Crippen LogP contribution >= 0.6 is 0 Å². The van der Waals surface area contributed by atoms with Crippen molar-refractivity contribution in [3.05, 3.63) is 29.6 Å². The van der Waals surface area contributed by atoms with E-state index in [2.05, 4.69) is 5.32 Å². The summed E-state index contributed by atoms with van der Waals surface area (Å²) in [7, 11) is 0. The number of benzene rings is 1. The fourth-order valence-electron chi connectivity index (χ4n) is 0.863. The van der Waals surface area contributed by atoms with Gasteiger partial charge in [-0.1, -0.05) is 0 Å². The topological polar surface area (TPSA) is 73.1 Å². The molecule has 0 saturated carbocycles. The van der Waals surface area contributed by atoms with Gasteiger partial charge in [-0.3, -0.25) is 5.32 Å². The Bertz CT molecular complexity index is 384. The summed E-state index contributed by atoms with van der Waals surface area (Å²) in [5, 5.41) is 19.0. The minimum atomic E-state index is -1.28. The third kappa shape index (κ3) is 1.93. The first kappa shape index (κ1) is 9.00. The summed E-state index contributed by atoms with van der Waals surface area (Å²) < 4.78 is 12.6. The molecule has 0 amide bonds. The van der Waals surface area contributed by atoms with Gasteiger partial charge in [0.15, 0.2) is 6.19 Å². The van der Waals surface area contributed by atoms with Crippen LogP contribution in [0.4, 0.5) is 10.1 Å². The van der Waals surface area contributed by atoms with E-state index in [1.807, 2.05) is 0 Å². The molecule has 0 spiro atoms. The molecule has 0 aliphatic heterocycles. The fraction of sp³-hybridized carbons (Fsp3) is 0. The van der Waals surface area contributed by atoms with Crippen molar-refractivity contribution in [1.29, 1.82) is 5.26 Å². The number of rotatable bonds is 2. The monoisotopic (exact) mass is 180 g/mol. The number of carbonyl (C=O) groups is 1. The number of nitrogens with one attached hydrogen (secondary N) is 1. The highest BCUT2D eigenvalue weighted by Crippen LogP contribution is 2.16. The lowest BCUT2D eigenvalue weighted by molar-refractivity contribution is 0.0697. The molecule has 0 aromatic heterocycles. The number of halogens is 1. The molecule has 5 heteroatoms. The molecule has 2 N–H and O–H groups in total. The van der Waals surface area contributed by atoms with Crippen molar-refractivity contribution in [3.8, 4) is 6.19 Å². The number of carboxylic acids is 1. The Morgan fingerprint density at radius 1 is 1.62 bits per heavy atom. The molecule has 0 atom stereocenters. The van der Waals surface area contributed by atoms with Gasteiger partial charge >= 0.3 is 5.97 Å². The number of hydrogen-bond donors (Lipinski definition) is 2. The largest absolute Gasteiger partial charge is 0.478 e. The van der Waals surface area contributed by atoms with Crippen molar-refractivity contribution in [3.63, 3.8) is 0 Å². The first-order valence-corrected chi connectivity index (χ1v) is 3.33. The molecule has 1 rings (SSSR count). The molecule has 1 aromatic rings. The van der Waals surface area contributed by atoms with Gasteiger partial charge in [0.2, 0.25) is 0 Å². The van der Waals surface area contributed by atoms with Crippen LogP contribution in [0.5, 0.6) is 0 Å². The van der Waals surface area contributed by atoms with E-state index in [4.69, 9.17) is 10.4 Å². The maximum absolute atomic E-state index is 12.6. The van der Waals surface area contributed by atoms with Crippen LogP contribution in [-0.2, 0) is 0 Å². The highest BCUT2D eigenvalue weighted by molar-refractivity contribution is 5.94. The second-order valence-electron chi connectivity index (χ2n) is 2.23. The lowest BCUT2D eigenvalue weighted by Crippen LogP contribution is -2.02. The van der Waals surface area contributed by atoms with Crippen LogP contribution in [0.2, 0.25) is 0 Å². The maximum Gasteiger partial charge on any atom is 0.337 e. The van der Waals surface area contributed by atoms with E-state index in [9.17, 15) is 9.18 Å². The number of anilines is 1. The lowest BCUT2D eigenvalue weighted by Gasteiger charge is -2.02. The molecule has 0 unspecified atom stereocenters. The summed E-state index contributed by atoms with van der Waals surface area (Å²) >= 11 is 0. The quantitative estimate of drug-likeness (QED) is 0.533. The zero-order valence-corrected chi connectivity index (χ0v) is 6.41. The second kappa shape index (κ2) is 3.54. The molecule has 4 nitrogen and oxygen atoms in total. The predicted molar refractivity (Wildman–Crippen MR) is 42.6 cm³/mol. The predicted octanol–water partition coefficient (Wildman–Crippen LogP) is 1.42. The molecule has 13 heavy (non-hydrogen) atoms. The van der Waals surface area contributed by atoms with Crippen LogP contribution in [0.3, 0.4) is 0 Å². The lowest BCUT2D eigenvalue weighted by atomic mass is 10.2. The summed E-state index contributed by atoms with van der Waals surface area (Å²) in [5.41, 5.74) is -0.182. The molecule has 0 heterocycles. The van der Waals surface area contributed by atoms with Crippen molar-refractivity contribution < 1.29 is 14.3 Å². The van der Waals surface area contributed by atoms with E-state index in [0.717, 1.165) is 12.1 Å². The molecular weight excluding hydrogens is 175 g/mol. The van der Waals surface area contributed by atoms with Crippen LogP contribution in [0, 0.1) is 17.3 Å². The molecule has 0 radical (unpaired) electrons. The van der Waals surface area contributed by atoms with Crippen LogP contribution in [0.1, 0.15) is 10.4 Å². The van der Waals surface area contributed by atoms with Crippen LogP contribution < -0.4 is 5.32 Å². The molecule has 0 saturated heterocycles. The van der Waals surface area contributed by atoms with E-state index < -0.39 is 11.8 Å². The minimum Gasteiger partial charge on any atom is -0.478 e. The van der Waals surface area contributed by atoms with E-state index in [-0.39, 0.29) is 11.3 Å². The van der Waals surface area contributed by atoms with Gasteiger partial charge in [0.05, 0.1) is 11.3 Å². The van der Waals surface area contributed by atoms with Crippen molar-refractivity contribution in [2.75, 3.05) is 5.32 Å². The summed E-state index contributed by atoms with van der Waals surface area (Å²) in [4.78, 5) is 10.5. The zero-order chi connectivity index (χ0) is 9.84. The number of nitriles is 1. The number of hydrogen-bond acceptors (Lipinski definition) is 3. The molecule has 0 fully saturated rings. The van der Waals surface area contributed by atoms with E-state index in [1.54, 1.807) is 6.19 Å². The van der Waals surface area contributed by atoms with Crippen molar-refractivity contribution in [1.82, 2.24) is 0 Å². The van der Waals surface area contributed by atoms with Crippen molar-refractivity contribution in [2.24, 2.45) is 0 Å². The molecule has 0 aliphatic carbocycles. The standard InChI is InChI=1S/C8H5FN2O2/c9-5-1-2-7(11-4-10)6(3-5)8(12)13/h1-3,11H,(H,12,13). The third-order valence-electron chi connectivity index (χ3n) is 1.40. The fourth-order valence-corrected chi connectivity index (χ4v) is 0.863. The van der Waals surface area contributed by atoms with Gasteiger partial charge in [-0.05, 0) is 18.2 Å². The molecule has 0 aliphatic rings. The zero-order valence-electron chi connectivity index (χ0n) is 6.41. The van der Waals surface area contributed by atoms with Crippen LogP contribution in [-0.4, -0.2) is 11.1 Å². The average molecular weight is 180 g/mol. The highest BCUT2D eigenvalue weighted by atomic mass is 19.1. The Balaban J connectivity index is 3.20. The number of aromatic carboxylic acids is 1. The highest BCUT2D eigenvalue weighted by Gasteiger charge is 2.10. The van der Waals surface area contributed by atoms with Crippen molar-refractivity contribution >= 4 is 11.7 Å². The van der Waals surface area contributed by atoms with Crippen molar-refractivity contribution in [2.45, 2.75) is 0 Å². The summed E-state index contributed by atoms with van der Waals surface area (Å²) in [6.07, 6.45) is 1.56. The molecule has 0 bridgehead atoms. The summed E-state index contributed by atoms with van der Waals surface area (Å²) in [6.45, 7) is 0. The van der Waals surface area contributed by atoms with Gasteiger partial charge in [-0.15, -0.1) is 0 Å². The normalized spacial score (nSPS) is 8.92. The van der Waals surface area contributed by atoms with Gasteiger partial charge in [0, 0.05) is 0 Å². The first-order chi connectivity index (χ1) is 6.15. The maximum atomic E-state index is 12.6. The Labute approximate surface area is 73.2 Å². The van der Waals surface area contributed by atoms with Crippen LogP contribution in [0.15, 0.2) is 18.2 Å². The Hall–Kier alpha value is -2.09. The van der Waals surface area contributed by atoms with Gasteiger partial charge < -0.3 is 5.11 Å². The Kier molecular flexibility index (Phi) is 2.45. The molecular formula is C8H5FN2O2. The SMILES string of the molecule is N#CNc1ccc(F)cc1C(=O)O. The smallest absolute Gasteiger partial charge is 0.337 e. The Morgan fingerprint density at radius 2 is 2.31 bits per heavy atom. The van der Waals surface area contributed by atoms with Gasteiger partial charge in [-0.25, -0.2) is 9.18 Å². The van der Waals surface area contributed by atoms with E-state index in [0.29, 0.717) is 0 Å². The third-order valence-corrected chi connectivity index (χ3v) is 1.40. The van der Waals surface area contributed by atoms with Gasteiger partial charge in [0.25, 0.3) is 0 Å². The first-order valence-electron chi connectivity index (χ1n) is 3.33.